The van der Waals surface area contributed by atoms with Crippen molar-refractivity contribution in [2.75, 3.05) is 36.0 Å². The fraction of sp³-hybridized carbons (Fsp3) is 0.111. The first-order valence-electron chi connectivity index (χ1n) is 16.3. The number of halogens is 2. The van der Waals surface area contributed by atoms with Crippen molar-refractivity contribution in [3.8, 4) is 22.7 Å². The van der Waals surface area contributed by atoms with Crippen LogP contribution >= 0.6 is 23.2 Å². The third-order valence-electron chi connectivity index (χ3n) is 8.93. The quantitative estimate of drug-likeness (QED) is 0.233. The van der Waals surface area contributed by atoms with Crippen LogP contribution in [0.1, 0.15) is 0 Å². The minimum Gasteiger partial charge on any atom is -0.338 e. The van der Waals surface area contributed by atoms with Crippen molar-refractivity contribution in [2.24, 2.45) is 0 Å². The lowest BCUT2D eigenvalue weighted by Gasteiger charge is -2.37. The largest absolute Gasteiger partial charge is 0.338 e. The van der Waals surface area contributed by atoms with Crippen molar-refractivity contribution < 1.29 is 0 Å². The minimum absolute atomic E-state index is 0.134. The summed E-state index contributed by atoms with van der Waals surface area (Å²) in [5.74, 6) is 0.840. The molecule has 8 aromatic rings. The molecule has 256 valence electrons. The Labute approximate surface area is 304 Å². The van der Waals surface area contributed by atoms with Crippen LogP contribution in [0.25, 0.3) is 45.1 Å². The van der Waals surface area contributed by atoms with E-state index in [1.807, 2.05) is 70.5 Å². The van der Waals surface area contributed by atoms with E-state index in [0.29, 0.717) is 70.8 Å². The molecule has 1 aliphatic heterocycles. The van der Waals surface area contributed by atoms with Crippen LogP contribution in [-0.2, 0) is 0 Å². The van der Waals surface area contributed by atoms with Gasteiger partial charge in [0.25, 0.3) is 11.1 Å². The molecule has 14 nitrogen and oxygen atoms in total. The maximum absolute atomic E-state index is 14.2. The van der Waals surface area contributed by atoms with Crippen LogP contribution in [0.5, 0.6) is 0 Å². The normalized spacial score (nSPS) is 13.3. The number of fused-ring (bicyclic) bond motifs is 2. The summed E-state index contributed by atoms with van der Waals surface area (Å²) < 4.78 is 6.21. The Morgan fingerprint density at radius 2 is 0.827 bits per heavy atom. The molecule has 0 unspecified atom stereocenters. The maximum atomic E-state index is 14.2. The molecule has 0 radical (unpaired) electrons. The monoisotopic (exact) mass is 728 g/mol. The minimum atomic E-state index is -0.364. The molecule has 0 bridgehead atoms. The summed E-state index contributed by atoms with van der Waals surface area (Å²) in [6.07, 6.45) is 0. The van der Waals surface area contributed by atoms with E-state index in [9.17, 15) is 9.59 Å². The number of piperazine rings is 1. The number of aromatic nitrogens is 10. The highest BCUT2D eigenvalue weighted by molar-refractivity contribution is 6.30. The standard InChI is InChI=1S/C36H26Cl2N12O2/c37-23-11-15-25(16-12-23)47-33(51)29-31(49(43-41-29)27-7-3-1-4-8-27)39-35(47)45-19-21-46(22-20-45)36-40-32-30(42-44-50(32)28-9-5-2-6-10-28)34(52)48(36)26-17-13-24(38)14-18-26/h1-18H,19-22H2. The molecule has 1 fully saturated rings. The Balaban J connectivity index is 1.15. The predicted molar refractivity (Wildman–Crippen MR) is 199 cm³/mol. The Hall–Kier alpha value is -6.38. The van der Waals surface area contributed by atoms with Gasteiger partial charge < -0.3 is 9.80 Å². The van der Waals surface area contributed by atoms with Gasteiger partial charge in [-0.25, -0.2) is 9.13 Å². The molecule has 52 heavy (non-hydrogen) atoms. The summed E-state index contributed by atoms with van der Waals surface area (Å²) in [4.78, 5) is 42.5. The van der Waals surface area contributed by atoms with Gasteiger partial charge >= 0.3 is 0 Å². The van der Waals surface area contributed by atoms with Gasteiger partial charge in [0.1, 0.15) is 0 Å². The summed E-state index contributed by atoms with van der Waals surface area (Å²) in [6, 6.07) is 32.8. The number of para-hydroxylation sites is 2. The summed E-state index contributed by atoms with van der Waals surface area (Å²) in [7, 11) is 0. The first kappa shape index (κ1) is 31.6. The highest BCUT2D eigenvalue weighted by atomic mass is 35.5. The Morgan fingerprint density at radius 1 is 0.462 bits per heavy atom. The molecule has 0 N–H and O–H groups in total. The van der Waals surface area contributed by atoms with E-state index in [-0.39, 0.29) is 22.2 Å². The Bertz CT molecular complexity index is 2510. The van der Waals surface area contributed by atoms with Gasteiger partial charge in [-0.15, -0.1) is 10.2 Å². The van der Waals surface area contributed by atoms with Crippen molar-refractivity contribution in [3.63, 3.8) is 0 Å². The van der Waals surface area contributed by atoms with Crippen LogP contribution < -0.4 is 20.9 Å². The number of rotatable bonds is 6. The zero-order valence-electron chi connectivity index (χ0n) is 27.2. The van der Waals surface area contributed by atoms with Gasteiger partial charge in [0, 0.05) is 36.2 Å². The van der Waals surface area contributed by atoms with Gasteiger partial charge in [-0.05, 0) is 72.8 Å². The molecule has 1 aliphatic rings. The second-order valence-corrected chi connectivity index (χ2v) is 12.9. The molecule has 9 rings (SSSR count). The third-order valence-corrected chi connectivity index (χ3v) is 9.44. The Kier molecular flexibility index (Phi) is 7.74. The topological polar surface area (TPSA) is 138 Å². The molecule has 0 spiro atoms. The average molecular weight is 730 g/mol. The number of hydrogen-bond acceptors (Lipinski definition) is 10. The lowest BCUT2D eigenvalue weighted by atomic mass is 10.3. The number of nitrogens with zero attached hydrogens (tertiary/aromatic N) is 12. The van der Waals surface area contributed by atoms with Gasteiger partial charge in [-0.3, -0.25) is 9.59 Å². The van der Waals surface area contributed by atoms with Crippen LogP contribution in [0.4, 0.5) is 11.9 Å². The first-order chi connectivity index (χ1) is 25.4. The zero-order valence-corrected chi connectivity index (χ0v) is 28.7. The second-order valence-electron chi connectivity index (χ2n) is 12.0. The smallest absolute Gasteiger partial charge is 0.289 e. The van der Waals surface area contributed by atoms with E-state index < -0.39 is 0 Å². The number of anilines is 2. The summed E-state index contributed by atoms with van der Waals surface area (Å²) in [6.45, 7) is 1.73. The van der Waals surface area contributed by atoms with E-state index >= 15 is 0 Å². The molecule has 0 amide bonds. The van der Waals surface area contributed by atoms with Crippen molar-refractivity contribution in [1.29, 1.82) is 0 Å². The molecule has 16 heteroatoms. The van der Waals surface area contributed by atoms with E-state index in [1.54, 1.807) is 57.9 Å². The fourth-order valence-electron chi connectivity index (χ4n) is 6.38. The lowest BCUT2D eigenvalue weighted by Crippen LogP contribution is -2.50. The van der Waals surface area contributed by atoms with Crippen molar-refractivity contribution in [2.45, 2.75) is 0 Å². The van der Waals surface area contributed by atoms with Gasteiger partial charge in [-0.2, -0.15) is 19.3 Å². The maximum Gasteiger partial charge on any atom is 0.289 e. The highest BCUT2D eigenvalue weighted by Crippen LogP contribution is 2.26. The van der Waals surface area contributed by atoms with E-state index in [2.05, 4.69) is 20.6 Å². The van der Waals surface area contributed by atoms with Crippen LogP contribution in [0, 0.1) is 0 Å². The van der Waals surface area contributed by atoms with Crippen LogP contribution in [0.3, 0.4) is 0 Å². The number of hydrogen-bond donors (Lipinski definition) is 0. The van der Waals surface area contributed by atoms with Gasteiger partial charge in [0.2, 0.25) is 11.9 Å². The SMILES string of the molecule is O=c1c2nnn(-c3ccccc3)c2nc(N2CCN(c3nc4c(nnn4-c4ccccc4)c(=O)n3-c3ccc(Cl)cc3)CC2)n1-c1ccc(Cl)cc1. The van der Waals surface area contributed by atoms with Crippen molar-refractivity contribution >= 4 is 57.4 Å². The summed E-state index contributed by atoms with van der Waals surface area (Å²) in [5.41, 5.74) is 2.83. The molecule has 0 aliphatic carbocycles. The van der Waals surface area contributed by atoms with E-state index in [0.717, 1.165) is 11.4 Å². The van der Waals surface area contributed by atoms with Crippen LogP contribution in [0.2, 0.25) is 10.0 Å². The van der Waals surface area contributed by atoms with Gasteiger partial charge in [0.05, 0.1) is 22.7 Å². The fourth-order valence-corrected chi connectivity index (χ4v) is 6.63. The van der Waals surface area contributed by atoms with Gasteiger partial charge in [0.15, 0.2) is 22.3 Å². The zero-order chi connectivity index (χ0) is 35.3. The van der Waals surface area contributed by atoms with Crippen molar-refractivity contribution in [1.82, 2.24) is 49.1 Å². The molecule has 0 atom stereocenters. The lowest BCUT2D eigenvalue weighted by molar-refractivity contribution is 0.614. The summed E-state index contributed by atoms with van der Waals surface area (Å²) in [5, 5.41) is 18.2. The van der Waals surface area contributed by atoms with E-state index in [1.165, 1.54) is 9.13 Å². The number of benzene rings is 4. The van der Waals surface area contributed by atoms with Crippen LogP contribution in [-0.4, -0.2) is 75.3 Å². The first-order valence-corrected chi connectivity index (χ1v) is 17.1. The Morgan fingerprint density at radius 3 is 1.19 bits per heavy atom. The highest BCUT2D eigenvalue weighted by Gasteiger charge is 2.29. The molecular weight excluding hydrogens is 703 g/mol. The summed E-state index contributed by atoms with van der Waals surface area (Å²) >= 11 is 12.5. The van der Waals surface area contributed by atoms with Gasteiger partial charge in [-0.1, -0.05) is 70.0 Å². The van der Waals surface area contributed by atoms with Crippen LogP contribution in [0.15, 0.2) is 119 Å². The molecule has 4 aromatic carbocycles. The average Bonchev–Trinajstić information content (AvgIpc) is 3.82. The van der Waals surface area contributed by atoms with E-state index in [4.69, 9.17) is 33.2 Å². The molecule has 4 aromatic heterocycles. The van der Waals surface area contributed by atoms with Crippen molar-refractivity contribution in [3.05, 3.63) is 140 Å². The molecule has 5 heterocycles. The second kappa shape index (κ2) is 12.7. The third kappa shape index (κ3) is 5.36. The molecule has 1 saturated heterocycles. The predicted octanol–water partition coefficient (Wildman–Crippen LogP) is 4.88. The molecular formula is C36H26Cl2N12O2. The molecule has 0 saturated carbocycles.